The predicted octanol–water partition coefficient (Wildman–Crippen LogP) is 2.66. The van der Waals surface area contributed by atoms with E-state index >= 15 is 0 Å². The van der Waals surface area contributed by atoms with E-state index in [1.807, 2.05) is 6.07 Å². The van der Waals surface area contributed by atoms with Crippen LogP contribution in [0.15, 0.2) is 47.3 Å². The van der Waals surface area contributed by atoms with Gasteiger partial charge in [-0.15, -0.1) is 0 Å². The number of carbonyl (C=O) groups excluding carboxylic acids is 1. The average molecular weight is 352 g/mol. The number of fused-ring (bicyclic) bond motifs is 2. The Morgan fingerprint density at radius 3 is 2.85 bits per heavy atom. The third-order valence-corrected chi connectivity index (χ3v) is 4.12. The van der Waals surface area contributed by atoms with Crippen molar-refractivity contribution < 1.29 is 19.0 Å². The van der Waals surface area contributed by atoms with E-state index in [9.17, 15) is 9.59 Å². The molecule has 2 N–H and O–H groups in total. The third-order valence-electron chi connectivity index (χ3n) is 4.12. The van der Waals surface area contributed by atoms with E-state index in [1.165, 1.54) is 6.07 Å². The molecule has 7 heteroatoms. The molecule has 4 rings (SSSR count). The Kier molecular flexibility index (Phi) is 4.06. The van der Waals surface area contributed by atoms with Gasteiger partial charge >= 0.3 is 0 Å². The van der Waals surface area contributed by atoms with Crippen molar-refractivity contribution in [2.75, 3.05) is 19.2 Å². The number of carbonyl (C=O) groups is 1. The summed E-state index contributed by atoms with van der Waals surface area (Å²) in [6.07, 6.45) is 0. The van der Waals surface area contributed by atoms with Crippen LogP contribution in [0.4, 0.5) is 5.69 Å². The van der Waals surface area contributed by atoms with Crippen molar-refractivity contribution in [2.45, 2.75) is 6.61 Å². The second kappa shape index (κ2) is 6.53. The second-order valence-corrected chi connectivity index (χ2v) is 5.87. The Hall–Kier alpha value is -3.32. The van der Waals surface area contributed by atoms with E-state index in [4.69, 9.17) is 14.2 Å². The lowest BCUT2D eigenvalue weighted by Gasteiger charge is -2.09. The van der Waals surface area contributed by atoms with Crippen molar-refractivity contribution in [3.63, 3.8) is 0 Å². The molecule has 2 heterocycles. The maximum Gasteiger partial charge on any atom is 0.255 e. The third kappa shape index (κ3) is 3.00. The molecule has 0 bridgehead atoms. The highest BCUT2D eigenvalue weighted by molar-refractivity contribution is 6.05. The van der Waals surface area contributed by atoms with Crippen LogP contribution >= 0.6 is 0 Å². The normalized spacial score (nSPS) is 12.3. The zero-order chi connectivity index (χ0) is 18.1. The monoisotopic (exact) mass is 352 g/mol. The van der Waals surface area contributed by atoms with Crippen LogP contribution in [0.1, 0.15) is 15.9 Å². The molecule has 0 radical (unpaired) electrons. The summed E-state index contributed by atoms with van der Waals surface area (Å²) in [5.41, 5.74) is 2.23. The lowest BCUT2D eigenvalue weighted by molar-refractivity contribution is 0.102. The molecule has 1 aliphatic heterocycles. The first-order valence-electron chi connectivity index (χ1n) is 8.00. The summed E-state index contributed by atoms with van der Waals surface area (Å²) in [5.74, 6) is 0.887. The summed E-state index contributed by atoms with van der Waals surface area (Å²) < 4.78 is 15.7. The Balaban J connectivity index is 1.63. The molecule has 3 aromatic rings. The van der Waals surface area contributed by atoms with E-state index < -0.39 is 0 Å². The fourth-order valence-electron chi connectivity index (χ4n) is 2.93. The Morgan fingerprint density at radius 2 is 2.00 bits per heavy atom. The molecule has 2 aromatic carbocycles. The van der Waals surface area contributed by atoms with Gasteiger partial charge in [0, 0.05) is 29.8 Å². The van der Waals surface area contributed by atoms with Crippen molar-refractivity contribution in [1.29, 1.82) is 0 Å². The molecule has 0 aliphatic carbocycles. The number of aromatic nitrogens is 1. The second-order valence-electron chi connectivity index (χ2n) is 5.87. The number of benzene rings is 2. The van der Waals surface area contributed by atoms with Gasteiger partial charge in [-0.3, -0.25) is 9.59 Å². The van der Waals surface area contributed by atoms with Gasteiger partial charge in [-0.05, 0) is 35.9 Å². The first-order chi connectivity index (χ1) is 12.6. The van der Waals surface area contributed by atoms with E-state index in [1.54, 1.807) is 37.4 Å². The molecule has 1 aromatic heterocycles. The highest BCUT2D eigenvalue weighted by atomic mass is 16.7. The molecule has 132 valence electrons. The van der Waals surface area contributed by atoms with Crippen molar-refractivity contribution in [3.8, 4) is 11.5 Å². The number of nitrogens with one attached hydrogen (secondary N) is 2. The van der Waals surface area contributed by atoms with Crippen LogP contribution in [0.25, 0.3) is 10.9 Å². The SMILES string of the molecule is COCc1cc(=O)[nH]c2cc(NC(=O)c3ccc4c(c3)OCO4)ccc12. The van der Waals surface area contributed by atoms with Gasteiger partial charge in [-0.2, -0.15) is 0 Å². The Morgan fingerprint density at radius 1 is 1.15 bits per heavy atom. The summed E-state index contributed by atoms with van der Waals surface area (Å²) in [4.78, 5) is 27.1. The summed E-state index contributed by atoms with van der Waals surface area (Å²) >= 11 is 0. The number of anilines is 1. The number of amides is 1. The van der Waals surface area contributed by atoms with Gasteiger partial charge < -0.3 is 24.5 Å². The average Bonchev–Trinajstić information content (AvgIpc) is 3.09. The van der Waals surface area contributed by atoms with E-state index in [-0.39, 0.29) is 18.3 Å². The lowest BCUT2D eigenvalue weighted by Crippen LogP contribution is -2.12. The van der Waals surface area contributed by atoms with Gasteiger partial charge in [0.15, 0.2) is 11.5 Å². The fourth-order valence-corrected chi connectivity index (χ4v) is 2.93. The van der Waals surface area contributed by atoms with Crippen molar-refractivity contribution in [2.24, 2.45) is 0 Å². The fraction of sp³-hybridized carbons (Fsp3) is 0.158. The quantitative estimate of drug-likeness (QED) is 0.753. The van der Waals surface area contributed by atoms with Crippen LogP contribution < -0.4 is 20.3 Å². The topological polar surface area (TPSA) is 89.7 Å². The van der Waals surface area contributed by atoms with Crippen LogP contribution in [0.2, 0.25) is 0 Å². The number of methoxy groups -OCH3 is 1. The van der Waals surface area contributed by atoms with Crippen LogP contribution in [0.5, 0.6) is 11.5 Å². The minimum absolute atomic E-state index is 0.155. The van der Waals surface area contributed by atoms with Gasteiger partial charge in [-0.1, -0.05) is 6.07 Å². The smallest absolute Gasteiger partial charge is 0.255 e. The highest BCUT2D eigenvalue weighted by Crippen LogP contribution is 2.32. The zero-order valence-electron chi connectivity index (χ0n) is 14.0. The summed E-state index contributed by atoms with van der Waals surface area (Å²) in [6, 6.07) is 11.9. The minimum atomic E-state index is -0.280. The molecule has 0 atom stereocenters. The molecule has 26 heavy (non-hydrogen) atoms. The molecule has 0 fully saturated rings. The standard InChI is InChI=1S/C19H16N2O5/c1-24-9-12-7-18(22)21-15-8-13(3-4-14(12)15)20-19(23)11-2-5-16-17(6-11)26-10-25-16/h2-8H,9-10H2,1H3,(H,20,23)(H,21,22). The highest BCUT2D eigenvalue weighted by Gasteiger charge is 2.16. The number of pyridine rings is 1. The first kappa shape index (κ1) is 16.2. The molecule has 0 spiro atoms. The van der Waals surface area contributed by atoms with Gasteiger partial charge in [-0.25, -0.2) is 0 Å². The van der Waals surface area contributed by atoms with E-state index in [2.05, 4.69) is 10.3 Å². The van der Waals surface area contributed by atoms with Gasteiger partial charge in [0.05, 0.1) is 12.1 Å². The first-order valence-corrected chi connectivity index (χ1v) is 8.00. The summed E-state index contributed by atoms with van der Waals surface area (Å²) in [5, 5.41) is 3.69. The van der Waals surface area contributed by atoms with E-state index in [0.717, 1.165) is 10.9 Å². The van der Waals surface area contributed by atoms with Crippen LogP contribution in [-0.4, -0.2) is 24.8 Å². The summed E-state index contributed by atoms with van der Waals surface area (Å²) in [6.45, 7) is 0.492. The largest absolute Gasteiger partial charge is 0.454 e. The van der Waals surface area contributed by atoms with Gasteiger partial charge in [0.1, 0.15) is 0 Å². The number of H-pyrrole nitrogens is 1. The van der Waals surface area contributed by atoms with Crippen molar-refractivity contribution in [1.82, 2.24) is 4.98 Å². The number of aromatic amines is 1. The van der Waals surface area contributed by atoms with Gasteiger partial charge in [0.2, 0.25) is 12.4 Å². The van der Waals surface area contributed by atoms with Crippen LogP contribution in [-0.2, 0) is 11.3 Å². The maximum atomic E-state index is 12.5. The van der Waals surface area contributed by atoms with E-state index in [0.29, 0.717) is 34.9 Å². The zero-order valence-corrected chi connectivity index (χ0v) is 14.0. The molecule has 0 saturated heterocycles. The molecule has 7 nitrogen and oxygen atoms in total. The molecular weight excluding hydrogens is 336 g/mol. The van der Waals surface area contributed by atoms with Gasteiger partial charge in [0.25, 0.3) is 5.91 Å². The number of rotatable bonds is 4. The van der Waals surface area contributed by atoms with Crippen molar-refractivity contribution >= 4 is 22.5 Å². The maximum absolute atomic E-state index is 12.5. The summed E-state index contributed by atoms with van der Waals surface area (Å²) in [7, 11) is 1.58. The van der Waals surface area contributed by atoms with Crippen molar-refractivity contribution in [3.05, 3.63) is 63.9 Å². The molecule has 1 amide bonds. The molecule has 1 aliphatic rings. The predicted molar refractivity (Wildman–Crippen MR) is 95.8 cm³/mol. The Labute approximate surface area is 148 Å². The number of hydrogen-bond donors (Lipinski definition) is 2. The Bertz CT molecular complexity index is 1060. The molecular formula is C19H16N2O5. The number of hydrogen-bond acceptors (Lipinski definition) is 5. The molecule has 0 unspecified atom stereocenters. The number of ether oxygens (including phenoxy) is 3. The van der Waals surface area contributed by atoms with Crippen LogP contribution in [0, 0.1) is 0 Å². The minimum Gasteiger partial charge on any atom is -0.454 e. The lowest BCUT2D eigenvalue weighted by atomic mass is 10.1. The molecule has 0 saturated carbocycles. The van der Waals surface area contributed by atoms with Crippen LogP contribution in [0.3, 0.4) is 0 Å².